The zero-order valence-corrected chi connectivity index (χ0v) is 12.0. The van der Waals surface area contributed by atoms with Crippen LogP contribution >= 0.6 is 0 Å². The Morgan fingerprint density at radius 2 is 2.15 bits per heavy atom. The Kier molecular flexibility index (Phi) is 5.41. The number of hydrogen-bond donors (Lipinski definition) is 1. The van der Waals surface area contributed by atoms with Crippen molar-refractivity contribution in [2.45, 2.75) is 44.8 Å². The molecule has 2 atom stereocenters. The van der Waals surface area contributed by atoms with E-state index in [0.717, 1.165) is 18.5 Å². The molecule has 4 nitrogen and oxygen atoms in total. The van der Waals surface area contributed by atoms with Crippen molar-refractivity contribution in [1.82, 2.24) is 0 Å². The molecule has 0 spiro atoms. The Labute approximate surface area is 120 Å². The monoisotopic (exact) mass is 277 g/mol. The van der Waals surface area contributed by atoms with Crippen molar-refractivity contribution < 1.29 is 14.6 Å². The molecule has 1 fully saturated rings. The van der Waals surface area contributed by atoms with Crippen LogP contribution in [0.1, 0.15) is 32.6 Å². The number of rotatable bonds is 5. The smallest absolute Gasteiger partial charge is 0.328 e. The van der Waals surface area contributed by atoms with Gasteiger partial charge in [0.15, 0.2) is 0 Å². The quantitative estimate of drug-likeness (QED) is 0.663. The van der Waals surface area contributed by atoms with Crippen molar-refractivity contribution >= 4 is 11.7 Å². The lowest BCUT2D eigenvalue weighted by Gasteiger charge is -2.37. The molecule has 0 amide bonds. The van der Waals surface area contributed by atoms with E-state index in [4.69, 9.17) is 4.74 Å². The number of aliphatic hydroxyl groups is 1. The van der Waals surface area contributed by atoms with Crippen molar-refractivity contribution in [1.29, 1.82) is 0 Å². The summed E-state index contributed by atoms with van der Waals surface area (Å²) in [5.41, 5.74) is 1.01. The van der Waals surface area contributed by atoms with Crippen molar-refractivity contribution in [3.63, 3.8) is 0 Å². The van der Waals surface area contributed by atoms with Crippen LogP contribution in [0.2, 0.25) is 0 Å². The second-order valence-electron chi connectivity index (χ2n) is 5.24. The van der Waals surface area contributed by atoms with E-state index in [0.29, 0.717) is 26.0 Å². The molecule has 1 aromatic rings. The minimum absolute atomic E-state index is 0.221. The largest absolute Gasteiger partial charge is 0.464 e. The molecule has 0 aliphatic carbocycles. The summed E-state index contributed by atoms with van der Waals surface area (Å²) >= 11 is 0. The molecule has 4 heteroatoms. The summed E-state index contributed by atoms with van der Waals surface area (Å²) in [6.07, 6.45) is 2.60. The molecular formula is C16H23NO3. The number of nitrogens with zero attached hydrogens (tertiary/aromatic N) is 1. The third kappa shape index (κ3) is 3.73. The van der Waals surface area contributed by atoms with Gasteiger partial charge in [0.05, 0.1) is 12.7 Å². The van der Waals surface area contributed by atoms with Gasteiger partial charge < -0.3 is 14.7 Å². The van der Waals surface area contributed by atoms with Crippen molar-refractivity contribution in [2.24, 2.45) is 0 Å². The molecule has 1 aromatic carbocycles. The molecule has 2 rings (SSSR count). The first-order chi connectivity index (χ1) is 9.72. The van der Waals surface area contributed by atoms with Crippen LogP contribution in [0.4, 0.5) is 5.69 Å². The highest BCUT2D eigenvalue weighted by Gasteiger charge is 2.33. The zero-order chi connectivity index (χ0) is 14.4. The number of benzene rings is 1. The van der Waals surface area contributed by atoms with Crippen LogP contribution in [0.5, 0.6) is 0 Å². The van der Waals surface area contributed by atoms with E-state index in [1.165, 1.54) is 0 Å². The Balaban J connectivity index is 2.06. The second kappa shape index (κ2) is 7.29. The first-order valence-electron chi connectivity index (χ1n) is 7.38. The highest BCUT2D eigenvalue weighted by Crippen LogP contribution is 2.25. The number of anilines is 1. The van der Waals surface area contributed by atoms with Gasteiger partial charge in [-0.1, -0.05) is 31.5 Å². The summed E-state index contributed by atoms with van der Waals surface area (Å²) in [6, 6.07) is 9.47. The number of ether oxygens (including phenoxy) is 1. The normalized spacial score (nSPS) is 22.6. The average molecular weight is 277 g/mol. The lowest BCUT2D eigenvalue weighted by Crippen LogP contribution is -2.49. The third-order valence-electron chi connectivity index (χ3n) is 3.68. The van der Waals surface area contributed by atoms with E-state index in [9.17, 15) is 9.90 Å². The number of esters is 1. The van der Waals surface area contributed by atoms with Gasteiger partial charge in [0, 0.05) is 18.7 Å². The highest BCUT2D eigenvalue weighted by atomic mass is 16.5. The summed E-state index contributed by atoms with van der Waals surface area (Å²) < 4.78 is 5.33. The van der Waals surface area contributed by atoms with Gasteiger partial charge in [-0.15, -0.1) is 0 Å². The lowest BCUT2D eigenvalue weighted by atomic mass is 9.98. The molecule has 1 N–H and O–H groups in total. The summed E-state index contributed by atoms with van der Waals surface area (Å²) in [6.45, 7) is 3.21. The number of para-hydroxylation sites is 1. The molecule has 0 radical (unpaired) electrons. The van der Waals surface area contributed by atoms with E-state index in [1.807, 2.05) is 35.2 Å². The molecular weight excluding hydrogens is 254 g/mol. The lowest BCUT2D eigenvalue weighted by molar-refractivity contribution is -0.146. The molecule has 2 unspecified atom stereocenters. The first-order valence-corrected chi connectivity index (χ1v) is 7.38. The zero-order valence-electron chi connectivity index (χ0n) is 12.0. The SMILES string of the molecule is CCCCOC(=O)C1CC(O)CCN1c1ccccc1. The van der Waals surface area contributed by atoms with Crippen LogP contribution in [-0.2, 0) is 9.53 Å². The summed E-state index contributed by atoms with van der Waals surface area (Å²) in [5, 5.41) is 9.83. The van der Waals surface area contributed by atoms with Gasteiger partial charge in [0.2, 0.25) is 0 Å². The summed E-state index contributed by atoms with van der Waals surface area (Å²) in [4.78, 5) is 14.3. The van der Waals surface area contributed by atoms with Crippen LogP contribution in [0.25, 0.3) is 0 Å². The van der Waals surface area contributed by atoms with Gasteiger partial charge >= 0.3 is 5.97 Å². The Morgan fingerprint density at radius 1 is 1.40 bits per heavy atom. The molecule has 0 bridgehead atoms. The van der Waals surface area contributed by atoms with Gasteiger partial charge in [0.25, 0.3) is 0 Å². The van der Waals surface area contributed by atoms with Gasteiger partial charge in [-0.05, 0) is 25.0 Å². The van der Waals surface area contributed by atoms with Gasteiger partial charge in [-0.2, -0.15) is 0 Å². The Hall–Kier alpha value is -1.55. The standard InChI is InChI=1S/C16H23NO3/c1-2-3-11-20-16(19)15-12-14(18)9-10-17(15)13-7-5-4-6-8-13/h4-8,14-15,18H,2-3,9-12H2,1H3. The van der Waals surface area contributed by atoms with E-state index in [1.54, 1.807) is 0 Å². The first kappa shape index (κ1) is 14.9. The van der Waals surface area contributed by atoms with E-state index in [2.05, 4.69) is 6.92 Å². The third-order valence-corrected chi connectivity index (χ3v) is 3.68. The fourth-order valence-corrected chi connectivity index (χ4v) is 2.51. The van der Waals surface area contributed by atoms with Gasteiger partial charge in [-0.3, -0.25) is 0 Å². The summed E-state index contributed by atoms with van der Waals surface area (Å²) in [5.74, 6) is -0.221. The maximum Gasteiger partial charge on any atom is 0.328 e. The van der Waals surface area contributed by atoms with Crippen LogP contribution in [-0.4, -0.2) is 36.4 Å². The number of aliphatic hydroxyl groups excluding tert-OH is 1. The predicted molar refractivity (Wildman–Crippen MR) is 78.7 cm³/mol. The number of carbonyl (C=O) groups excluding carboxylic acids is 1. The predicted octanol–water partition coefficient (Wildman–Crippen LogP) is 2.36. The van der Waals surface area contributed by atoms with Crippen LogP contribution in [0.15, 0.2) is 30.3 Å². The van der Waals surface area contributed by atoms with Crippen molar-refractivity contribution in [3.05, 3.63) is 30.3 Å². The Morgan fingerprint density at radius 3 is 2.85 bits per heavy atom. The molecule has 1 saturated heterocycles. The van der Waals surface area contributed by atoms with Crippen molar-refractivity contribution in [3.8, 4) is 0 Å². The molecule has 1 aliphatic heterocycles. The Bertz CT molecular complexity index is 421. The fourth-order valence-electron chi connectivity index (χ4n) is 2.51. The molecule has 1 heterocycles. The molecule has 20 heavy (non-hydrogen) atoms. The second-order valence-corrected chi connectivity index (χ2v) is 5.24. The van der Waals surface area contributed by atoms with Gasteiger partial charge in [-0.25, -0.2) is 4.79 Å². The van der Waals surface area contributed by atoms with Crippen LogP contribution in [0.3, 0.4) is 0 Å². The van der Waals surface area contributed by atoms with Gasteiger partial charge in [0.1, 0.15) is 6.04 Å². The van der Waals surface area contributed by atoms with Crippen molar-refractivity contribution in [2.75, 3.05) is 18.1 Å². The molecule has 110 valence electrons. The molecule has 1 aliphatic rings. The number of piperidine rings is 1. The number of hydrogen-bond acceptors (Lipinski definition) is 4. The minimum Gasteiger partial charge on any atom is -0.464 e. The molecule has 0 saturated carbocycles. The maximum atomic E-state index is 12.2. The maximum absolute atomic E-state index is 12.2. The average Bonchev–Trinajstić information content (AvgIpc) is 2.48. The van der Waals surface area contributed by atoms with E-state index >= 15 is 0 Å². The summed E-state index contributed by atoms with van der Waals surface area (Å²) in [7, 11) is 0. The van der Waals surface area contributed by atoms with E-state index in [-0.39, 0.29) is 12.0 Å². The van der Waals surface area contributed by atoms with E-state index < -0.39 is 6.10 Å². The van der Waals surface area contributed by atoms with Crippen LogP contribution in [0, 0.1) is 0 Å². The number of carbonyl (C=O) groups is 1. The molecule has 0 aromatic heterocycles. The van der Waals surface area contributed by atoms with Crippen LogP contribution < -0.4 is 4.90 Å². The number of unbranched alkanes of at least 4 members (excludes halogenated alkanes) is 1. The minimum atomic E-state index is -0.418. The topological polar surface area (TPSA) is 49.8 Å². The highest BCUT2D eigenvalue weighted by molar-refractivity contribution is 5.80. The fraction of sp³-hybridized carbons (Fsp3) is 0.562.